The summed E-state index contributed by atoms with van der Waals surface area (Å²) < 4.78 is 2.13. The molecule has 0 saturated carbocycles. The maximum absolute atomic E-state index is 12.9. The summed E-state index contributed by atoms with van der Waals surface area (Å²) in [5.41, 5.74) is 4.10. The van der Waals surface area contributed by atoms with Crippen LogP contribution in [-0.2, 0) is 17.8 Å². The highest BCUT2D eigenvalue weighted by atomic mass is 35.5. The SMILES string of the molecule is N#C/C(=C\c1cn(Cc2ccccc2)c2ccccc12)C(=O)Nc1ncc(Cc2cccc(Cl)c2)s1. The second-order valence-electron chi connectivity index (χ2n) is 8.28. The van der Waals surface area contributed by atoms with Crippen molar-refractivity contribution in [3.63, 3.8) is 0 Å². The molecule has 5 rings (SSSR count). The topological polar surface area (TPSA) is 70.7 Å². The Hall–Kier alpha value is -4.18. The molecule has 0 aliphatic rings. The van der Waals surface area contributed by atoms with E-state index in [0.29, 0.717) is 23.1 Å². The fourth-order valence-corrected chi connectivity index (χ4v) is 5.12. The van der Waals surface area contributed by atoms with Crippen molar-refractivity contribution in [3.05, 3.63) is 123 Å². The molecule has 7 heteroatoms. The highest BCUT2D eigenvalue weighted by molar-refractivity contribution is 7.15. The number of halogens is 1. The summed E-state index contributed by atoms with van der Waals surface area (Å²) in [7, 11) is 0. The first-order chi connectivity index (χ1) is 17.6. The Morgan fingerprint density at radius 3 is 2.64 bits per heavy atom. The molecule has 2 aromatic heterocycles. The van der Waals surface area contributed by atoms with E-state index in [2.05, 4.69) is 27.0 Å². The molecule has 0 aliphatic heterocycles. The minimum Gasteiger partial charge on any atom is -0.342 e. The number of hydrogen-bond donors (Lipinski definition) is 1. The van der Waals surface area contributed by atoms with Crippen LogP contribution in [0.3, 0.4) is 0 Å². The number of carbonyl (C=O) groups is 1. The molecular formula is C29H21ClN4OS. The van der Waals surface area contributed by atoms with E-state index in [1.165, 1.54) is 16.9 Å². The molecule has 5 nitrogen and oxygen atoms in total. The molecule has 1 N–H and O–H groups in total. The monoisotopic (exact) mass is 508 g/mol. The Kier molecular flexibility index (Phi) is 6.94. The summed E-state index contributed by atoms with van der Waals surface area (Å²) in [4.78, 5) is 18.2. The van der Waals surface area contributed by atoms with Gasteiger partial charge in [-0.25, -0.2) is 4.98 Å². The lowest BCUT2D eigenvalue weighted by Gasteiger charge is -2.05. The standard InChI is InChI=1S/C29H21ClN4OS/c30-24-10-6-9-21(13-24)14-25-17-32-29(36-25)33-28(35)22(16-31)15-23-19-34(18-20-7-2-1-3-8-20)27-12-5-4-11-26(23)27/h1-13,15,17,19H,14,18H2,(H,32,33,35)/b22-15+. The van der Waals surface area contributed by atoms with Crippen LogP contribution in [0.5, 0.6) is 0 Å². The van der Waals surface area contributed by atoms with Crippen LogP contribution in [0.25, 0.3) is 17.0 Å². The molecule has 0 fully saturated rings. The predicted molar refractivity (Wildman–Crippen MR) is 146 cm³/mol. The quantitative estimate of drug-likeness (QED) is 0.191. The van der Waals surface area contributed by atoms with Crippen LogP contribution in [0.4, 0.5) is 5.13 Å². The summed E-state index contributed by atoms with van der Waals surface area (Å²) in [5, 5.41) is 14.6. The summed E-state index contributed by atoms with van der Waals surface area (Å²) in [6.07, 6.45) is 6.01. The molecule has 0 radical (unpaired) electrons. The molecule has 5 aromatic rings. The van der Waals surface area contributed by atoms with Crippen molar-refractivity contribution in [1.82, 2.24) is 9.55 Å². The second kappa shape index (κ2) is 10.6. The zero-order valence-corrected chi connectivity index (χ0v) is 20.8. The summed E-state index contributed by atoms with van der Waals surface area (Å²) in [6, 6.07) is 27.8. The van der Waals surface area contributed by atoms with E-state index in [9.17, 15) is 10.1 Å². The Labute approximate surface area is 217 Å². The fraction of sp³-hybridized carbons (Fsp3) is 0.0690. The number of para-hydroxylation sites is 1. The first-order valence-corrected chi connectivity index (χ1v) is 12.5. The molecule has 2 heterocycles. The smallest absolute Gasteiger partial charge is 0.268 e. The van der Waals surface area contributed by atoms with E-state index in [0.717, 1.165) is 26.9 Å². The van der Waals surface area contributed by atoms with E-state index in [1.54, 1.807) is 12.3 Å². The highest BCUT2D eigenvalue weighted by Gasteiger charge is 2.15. The normalized spacial score (nSPS) is 11.4. The maximum atomic E-state index is 12.9. The first kappa shape index (κ1) is 23.6. The van der Waals surface area contributed by atoms with Gasteiger partial charge in [0.15, 0.2) is 5.13 Å². The van der Waals surface area contributed by atoms with Gasteiger partial charge in [-0.2, -0.15) is 5.26 Å². The lowest BCUT2D eigenvalue weighted by Crippen LogP contribution is -2.13. The number of nitrogens with zero attached hydrogens (tertiary/aromatic N) is 3. The molecule has 36 heavy (non-hydrogen) atoms. The van der Waals surface area contributed by atoms with Crippen LogP contribution in [0.2, 0.25) is 5.02 Å². The number of amides is 1. The van der Waals surface area contributed by atoms with E-state index in [1.807, 2.05) is 79.0 Å². The zero-order chi connectivity index (χ0) is 24.9. The number of thiazole rings is 1. The Morgan fingerprint density at radius 2 is 1.83 bits per heavy atom. The minimum atomic E-state index is -0.485. The van der Waals surface area contributed by atoms with Gasteiger partial charge in [0, 0.05) is 51.7 Å². The van der Waals surface area contributed by atoms with E-state index >= 15 is 0 Å². The van der Waals surface area contributed by atoms with Gasteiger partial charge >= 0.3 is 0 Å². The van der Waals surface area contributed by atoms with Crippen LogP contribution < -0.4 is 5.32 Å². The van der Waals surface area contributed by atoms with Crippen molar-refractivity contribution in [3.8, 4) is 6.07 Å². The van der Waals surface area contributed by atoms with Gasteiger partial charge in [0.1, 0.15) is 11.6 Å². The summed E-state index contributed by atoms with van der Waals surface area (Å²) in [6.45, 7) is 0.692. The average molecular weight is 509 g/mol. The van der Waals surface area contributed by atoms with Crippen molar-refractivity contribution < 1.29 is 4.79 Å². The summed E-state index contributed by atoms with van der Waals surface area (Å²) >= 11 is 7.45. The van der Waals surface area contributed by atoms with Gasteiger partial charge < -0.3 is 4.57 Å². The van der Waals surface area contributed by atoms with Gasteiger partial charge in [0.25, 0.3) is 5.91 Å². The van der Waals surface area contributed by atoms with E-state index in [4.69, 9.17) is 11.6 Å². The summed E-state index contributed by atoms with van der Waals surface area (Å²) in [5.74, 6) is -0.485. The number of benzene rings is 3. The zero-order valence-electron chi connectivity index (χ0n) is 19.2. The van der Waals surface area contributed by atoms with Crippen molar-refractivity contribution in [2.45, 2.75) is 13.0 Å². The Balaban J connectivity index is 1.36. The Morgan fingerprint density at radius 1 is 1.06 bits per heavy atom. The van der Waals surface area contributed by atoms with Crippen molar-refractivity contribution in [1.29, 1.82) is 5.26 Å². The van der Waals surface area contributed by atoms with E-state index < -0.39 is 5.91 Å². The van der Waals surface area contributed by atoms with Gasteiger partial charge in [-0.15, -0.1) is 11.3 Å². The van der Waals surface area contributed by atoms with Gasteiger partial charge in [0.2, 0.25) is 0 Å². The molecule has 1 amide bonds. The average Bonchev–Trinajstić information content (AvgIpc) is 3.47. The fourth-order valence-electron chi connectivity index (χ4n) is 4.06. The predicted octanol–water partition coefficient (Wildman–Crippen LogP) is 6.94. The molecule has 176 valence electrons. The minimum absolute atomic E-state index is 0.0178. The van der Waals surface area contributed by atoms with Gasteiger partial charge in [0.05, 0.1) is 0 Å². The number of fused-ring (bicyclic) bond motifs is 1. The van der Waals surface area contributed by atoms with Gasteiger partial charge in [-0.05, 0) is 35.4 Å². The number of hydrogen-bond acceptors (Lipinski definition) is 4. The second-order valence-corrected chi connectivity index (χ2v) is 9.83. The number of nitriles is 1. The van der Waals surface area contributed by atoms with Crippen LogP contribution in [0.1, 0.15) is 21.6 Å². The maximum Gasteiger partial charge on any atom is 0.268 e. The largest absolute Gasteiger partial charge is 0.342 e. The molecule has 3 aromatic carbocycles. The lowest BCUT2D eigenvalue weighted by atomic mass is 10.1. The third-order valence-electron chi connectivity index (χ3n) is 5.72. The van der Waals surface area contributed by atoms with Crippen LogP contribution in [-0.4, -0.2) is 15.5 Å². The molecule has 0 saturated heterocycles. The molecule has 0 unspecified atom stereocenters. The van der Waals surface area contributed by atoms with Crippen molar-refractivity contribution in [2.24, 2.45) is 0 Å². The highest BCUT2D eigenvalue weighted by Crippen LogP contribution is 2.26. The lowest BCUT2D eigenvalue weighted by molar-refractivity contribution is -0.112. The van der Waals surface area contributed by atoms with Crippen LogP contribution >= 0.6 is 22.9 Å². The van der Waals surface area contributed by atoms with E-state index in [-0.39, 0.29) is 5.57 Å². The first-order valence-electron chi connectivity index (χ1n) is 11.3. The van der Waals surface area contributed by atoms with Crippen LogP contribution in [0, 0.1) is 11.3 Å². The van der Waals surface area contributed by atoms with Crippen molar-refractivity contribution in [2.75, 3.05) is 5.32 Å². The Bertz CT molecular complexity index is 1610. The van der Waals surface area contributed by atoms with Gasteiger partial charge in [-0.1, -0.05) is 72.3 Å². The third kappa shape index (κ3) is 5.38. The molecular weight excluding hydrogens is 488 g/mol. The molecule has 0 bridgehead atoms. The number of nitrogens with one attached hydrogen (secondary N) is 1. The number of anilines is 1. The van der Waals surface area contributed by atoms with Crippen LogP contribution in [0.15, 0.2) is 96.8 Å². The number of carbonyl (C=O) groups excluding carboxylic acids is 1. The van der Waals surface area contributed by atoms with Crippen molar-refractivity contribution >= 4 is 51.0 Å². The number of aromatic nitrogens is 2. The number of rotatable bonds is 7. The third-order valence-corrected chi connectivity index (χ3v) is 6.87. The molecule has 0 spiro atoms. The molecule has 0 atom stereocenters. The van der Waals surface area contributed by atoms with Gasteiger partial charge in [-0.3, -0.25) is 10.1 Å². The molecule has 0 aliphatic carbocycles.